The summed E-state index contributed by atoms with van der Waals surface area (Å²) in [6, 6.07) is 12.4. The van der Waals surface area contributed by atoms with Gasteiger partial charge in [0.1, 0.15) is 23.3 Å². The first-order valence-electron chi connectivity index (χ1n) is 9.38. The SMILES string of the molecule is COC(=O)C(CC(C(=O)OC)C(=O)c1cccc(OC)c1)C(=O)c1cccc(OC)c1. The summed E-state index contributed by atoms with van der Waals surface area (Å²) >= 11 is 0. The van der Waals surface area contributed by atoms with Gasteiger partial charge in [0.2, 0.25) is 0 Å². The maximum Gasteiger partial charge on any atom is 0.316 e. The van der Waals surface area contributed by atoms with Gasteiger partial charge in [0.05, 0.1) is 28.4 Å². The molecular formula is C23H24O8. The lowest BCUT2D eigenvalue weighted by atomic mass is 9.84. The van der Waals surface area contributed by atoms with Crippen molar-refractivity contribution in [1.82, 2.24) is 0 Å². The molecule has 0 fully saturated rings. The predicted octanol–water partition coefficient (Wildman–Crippen LogP) is 2.74. The molecule has 31 heavy (non-hydrogen) atoms. The van der Waals surface area contributed by atoms with E-state index in [9.17, 15) is 19.2 Å². The number of benzene rings is 2. The normalized spacial score (nSPS) is 12.3. The van der Waals surface area contributed by atoms with E-state index in [1.54, 1.807) is 24.3 Å². The molecule has 0 saturated heterocycles. The van der Waals surface area contributed by atoms with Crippen molar-refractivity contribution < 1.29 is 38.1 Å². The molecule has 0 bridgehead atoms. The molecule has 0 aliphatic carbocycles. The highest BCUT2D eigenvalue weighted by molar-refractivity contribution is 6.12. The fourth-order valence-corrected chi connectivity index (χ4v) is 3.10. The van der Waals surface area contributed by atoms with Crippen LogP contribution in [0.5, 0.6) is 11.5 Å². The van der Waals surface area contributed by atoms with Gasteiger partial charge in [0, 0.05) is 11.1 Å². The topological polar surface area (TPSA) is 105 Å². The molecular weight excluding hydrogens is 404 g/mol. The van der Waals surface area contributed by atoms with E-state index in [1.165, 1.54) is 38.5 Å². The van der Waals surface area contributed by atoms with Gasteiger partial charge >= 0.3 is 11.9 Å². The van der Waals surface area contributed by atoms with Crippen molar-refractivity contribution in [2.24, 2.45) is 11.8 Å². The minimum absolute atomic E-state index is 0.187. The molecule has 0 heterocycles. The molecule has 2 atom stereocenters. The number of hydrogen-bond donors (Lipinski definition) is 0. The first-order valence-corrected chi connectivity index (χ1v) is 9.38. The third kappa shape index (κ3) is 5.69. The molecule has 0 aliphatic heterocycles. The van der Waals surface area contributed by atoms with Crippen LogP contribution in [-0.2, 0) is 19.1 Å². The van der Waals surface area contributed by atoms with Crippen molar-refractivity contribution in [2.75, 3.05) is 28.4 Å². The molecule has 0 aliphatic rings. The number of rotatable bonds is 10. The highest BCUT2D eigenvalue weighted by atomic mass is 16.5. The van der Waals surface area contributed by atoms with E-state index in [0.29, 0.717) is 11.5 Å². The van der Waals surface area contributed by atoms with Crippen molar-refractivity contribution in [3.05, 3.63) is 59.7 Å². The maximum atomic E-state index is 13.1. The second kappa shape index (κ2) is 10.9. The van der Waals surface area contributed by atoms with Crippen molar-refractivity contribution in [3.8, 4) is 11.5 Å². The molecule has 164 valence electrons. The highest BCUT2D eigenvalue weighted by Gasteiger charge is 2.38. The van der Waals surface area contributed by atoms with E-state index < -0.39 is 41.8 Å². The van der Waals surface area contributed by atoms with Crippen LogP contribution in [-0.4, -0.2) is 51.9 Å². The van der Waals surface area contributed by atoms with Gasteiger partial charge in [-0.2, -0.15) is 0 Å². The molecule has 0 amide bonds. The lowest BCUT2D eigenvalue weighted by Gasteiger charge is -2.19. The zero-order valence-corrected chi connectivity index (χ0v) is 17.7. The summed E-state index contributed by atoms with van der Waals surface area (Å²) in [7, 11) is 5.15. The summed E-state index contributed by atoms with van der Waals surface area (Å²) in [5.41, 5.74) is 0.374. The van der Waals surface area contributed by atoms with E-state index in [-0.39, 0.29) is 11.1 Å². The van der Waals surface area contributed by atoms with Gasteiger partial charge in [0.25, 0.3) is 0 Å². The fraction of sp³-hybridized carbons (Fsp3) is 0.304. The van der Waals surface area contributed by atoms with Gasteiger partial charge in [-0.3, -0.25) is 19.2 Å². The largest absolute Gasteiger partial charge is 0.497 e. The van der Waals surface area contributed by atoms with E-state index in [4.69, 9.17) is 18.9 Å². The first kappa shape index (κ1) is 23.6. The summed E-state index contributed by atoms with van der Waals surface area (Å²) in [6.45, 7) is 0. The van der Waals surface area contributed by atoms with Gasteiger partial charge < -0.3 is 18.9 Å². The van der Waals surface area contributed by atoms with Crippen LogP contribution >= 0.6 is 0 Å². The van der Waals surface area contributed by atoms with E-state index >= 15 is 0 Å². The second-order valence-electron chi connectivity index (χ2n) is 6.58. The Morgan fingerprint density at radius 1 is 0.677 bits per heavy atom. The van der Waals surface area contributed by atoms with Crippen LogP contribution in [0.2, 0.25) is 0 Å². The Morgan fingerprint density at radius 2 is 1.06 bits per heavy atom. The smallest absolute Gasteiger partial charge is 0.316 e. The first-order chi connectivity index (χ1) is 14.9. The number of methoxy groups -OCH3 is 4. The second-order valence-corrected chi connectivity index (χ2v) is 6.58. The van der Waals surface area contributed by atoms with Crippen molar-refractivity contribution >= 4 is 23.5 Å². The van der Waals surface area contributed by atoms with Gasteiger partial charge in [-0.25, -0.2) is 0 Å². The number of carbonyl (C=O) groups is 4. The quantitative estimate of drug-likeness (QED) is 0.323. The van der Waals surface area contributed by atoms with Crippen molar-refractivity contribution in [2.45, 2.75) is 6.42 Å². The molecule has 2 unspecified atom stereocenters. The number of Topliss-reactive ketones (excluding diaryl/α,β-unsaturated/α-hetero) is 2. The Balaban J connectivity index is 2.41. The predicted molar refractivity (Wildman–Crippen MR) is 110 cm³/mol. The van der Waals surface area contributed by atoms with Crippen LogP contribution in [0.25, 0.3) is 0 Å². The summed E-state index contributed by atoms with van der Waals surface area (Å²) in [4.78, 5) is 51.0. The number of esters is 2. The van der Waals surface area contributed by atoms with Crippen LogP contribution < -0.4 is 9.47 Å². The molecule has 2 aromatic carbocycles. The number of hydrogen-bond acceptors (Lipinski definition) is 8. The highest BCUT2D eigenvalue weighted by Crippen LogP contribution is 2.26. The van der Waals surface area contributed by atoms with Crippen LogP contribution in [0.3, 0.4) is 0 Å². The standard InChI is InChI=1S/C23H24O8/c1-28-16-9-5-7-14(11-16)20(24)18(22(26)30-3)13-19(23(27)31-4)21(25)15-8-6-10-17(12-15)29-2/h5-12,18-19H,13H2,1-4H3. The number of ether oxygens (including phenoxy) is 4. The van der Waals surface area contributed by atoms with Gasteiger partial charge in [-0.1, -0.05) is 24.3 Å². The zero-order chi connectivity index (χ0) is 23.0. The average Bonchev–Trinajstić information content (AvgIpc) is 2.83. The molecule has 8 heteroatoms. The summed E-state index contributed by atoms with van der Waals surface area (Å²) in [6.07, 6.45) is -0.411. The van der Waals surface area contributed by atoms with Crippen molar-refractivity contribution in [3.63, 3.8) is 0 Å². The number of carbonyl (C=O) groups excluding carboxylic acids is 4. The molecule has 8 nitrogen and oxygen atoms in total. The van der Waals surface area contributed by atoms with Crippen molar-refractivity contribution in [1.29, 1.82) is 0 Å². The Hall–Kier alpha value is -3.68. The molecule has 0 spiro atoms. The molecule has 2 aromatic rings. The fourth-order valence-electron chi connectivity index (χ4n) is 3.10. The average molecular weight is 428 g/mol. The lowest BCUT2D eigenvalue weighted by Crippen LogP contribution is -2.34. The lowest BCUT2D eigenvalue weighted by molar-refractivity contribution is -0.146. The minimum atomic E-state index is -1.39. The number of ketones is 2. The van der Waals surface area contributed by atoms with Gasteiger partial charge in [0.15, 0.2) is 11.6 Å². The van der Waals surface area contributed by atoms with E-state index in [2.05, 4.69) is 0 Å². The van der Waals surface area contributed by atoms with Crippen LogP contribution in [0, 0.1) is 11.8 Å². The molecule has 0 saturated carbocycles. The van der Waals surface area contributed by atoms with Crippen LogP contribution in [0.15, 0.2) is 48.5 Å². The molecule has 0 N–H and O–H groups in total. The summed E-state index contributed by atoms with van der Waals surface area (Å²) in [5.74, 6) is -4.86. The third-order valence-corrected chi connectivity index (χ3v) is 4.78. The minimum Gasteiger partial charge on any atom is -0.497 e. The summed E-state index contributed by atoms with van der Waals surface area (Å²) in [5, 5.41) is 0. The third-order valence-electron chi connectivity index (χ3n) is 4.78. The Kier molecular flexibility index (Phi) is 8.31. The van der Waals surface area contributed by atoms with Crippen LogP contribution in [0.1, 0.15) is 27.1 Å². The monoisotopic (exact) mass is 428 g/mol. The Labute approximate surface area is 180 Å². The van der Waals surface area contributed by atoms with E-state index in [0.717, 1.165) is 14.2 Å². The maximum absolute atomic E-state index is 13.1. The molecule has 0 aromatic heterocycles. The molecule has 0 radical (unpaired) electrons. The van der Waals surface area contributed by atoms with Gasteiger partial charge in [-0.15, -0.1) is 0 Å². The Bertz CT molecular complexity index is 888. The van der Waals surface area contributed by atoms with Crippen LogP contribution in [0.4, 0.5) is 0 Å². The Morgan fingerprint density at radius 3 is 1.39 bits per heavy atom. The zero-order valence-electron chi connectivity index (χ0n) is 17.7. The summed E-state index contributed by atoms with van der Waals surface area (Å²) < 4.78 is 19.8. The van der Waals surface area contributed by atoms with Gasteiger partial charge in [-0.05, 0) is 30.7 Å². The van der Waals surface area contributed by atoms with E-state index in [1.807, 2.05) is 0 Å². The molecule has 2 rings (SSSR count).